The maximum Gasteiger partial charge on any atom is 0.407 e. The molecule has 8 heteroatoms. The van der Waals surface area contributed by atoms with Crippen molar-refractivity contribution < 1.29 is 9.90 Å². The van der Waals surface area contributed by atoms with Crippen LogP contribution in [0.25, 0.3) is 5.65 Å². The second-order valence-electron chi connectivity index (χ2n) is 4.72. The fourth-order valence-electron chi connectivity index (χ4n) is 2.46. The Balaban J connectivity index is 1.70. The highest BCUT2D eigenvalue weighted by atomic mass is 79.9. The van der Waals surface area contributed by atoms with Gasteiger partial charge in [0.15, 0.2) is 5.65 Å². The molecule has 0 unspecified atom stereocenters. The molecule has 106 valence electrons. The number of rotatable bonds is 3. The van der Waals surface area contributed by atoms with E-state index < -0.39 is 6.09 Å². The van der Waals surface area contributed by atoms with Gasteiger partial charge in [0, 0.05) is 13.1 Å². The highest BCUT2D eigenvalue weighted by Crippen LogP contribution is 2.18. The summed E-state index contributed by atoms with van der Waals surface area (Å²) in [5, 5.41) is 16.7. The van der Waals surface area contributed by atoms with E-state index >= 15 is 0 Å². The highest BCUT2D eigenvalue weighted by molar-refractivity contribution is 9.10. The summed E-state index contributed by atoms with van der Waals surface area (Å²) < 4.78 is 2.47. The van der Waals surface area contributed by atoms with Gasteiger partial charge in [-0.15, -0.1) is 5.10 Å². The van der Waals surface area contributed by atoms with Crippen LogP contribution in [0.5, 0.6) is 0 Å². The Morgan fingerprint density at radius 3 is 3.20 bits per heavy atom. The van der Waals surface area contributed by atoms with E-state index in [0.29, 0.717) is 18.9 Å². The maximum absolute atomic E-state index is 11.1. The second-order valence-corrected chi connectivity index (χ2v) is 5.53. The van der Waals surface area contributed by atoms with Gasteiger partial charge in [0.2, 0.25) is 0 Å². The van der Waals surface area contributed by atoms with Crippen LogP contribution in [0.2, 0.25) is 0 Å². The average Bonchev–Trinajstić information content (AvgIpc) is 3.04. The Kier molecular flexibility index (Phi) is 3.47. The van der Waals surface area contributed by atoms with E-state index in [2.05, 4.69) is 31.3 Å². The van der Waals surface area contributed by atoms with Crippen LogP contribution in [-0.2, 0) is 0 Å². The normalized spacial score (nSPS) is 18.6. The molecule has 2 N–H and O–H groups in total. The molecule has 1 fully saturated rings. The minimum absolute atomic E-state index is 0.0104. The average molecular weight is 340 g/mol. The minimum Gasteiger partial charge on any atom is -0.465 e. The van der Waals surface area contributed by atoms with Crippen molar-refractivity contribution in [3.05, 3.63) is 22.9 Å². The molecule has 0 spiro atoms. The number of nitrogens with one attached hydrogen (secondary N) is 1. The third kappa shape index (κ3) is 2.43. The summed E-state index contributed by atoms with van der Waals surface area (Å²) in [6.45, 7) is 1.18. The molecular weight excluding hydrogens is 326 g/mol. The molecular formula is C12H14BrN5O2. The molecule has 2 aromatic rings. The van der Waals surface area contributed by atoms with E-state index in [9.17, 15) is 4.79 Å². The molecule has 0 bridgehead atoms. The summed E-state index contributed by atoms with van der Waals surface area (Å²) in [6, 6.07) is 3.72. The van der Waals surface area contributed by atoms with Crippen LogP contribution in [0.1, 0.15) is 12.8 Å². The predicted molar refractivity (Wildman–Crippen MR) is 76.9 cm³/mol. The lowest BCUT2D eigenvalue weighted by molar-refractivity contribution is 0.142. The third-order valence-electron chi connectivity index (χ3n) is 3.46. The molecule has 1 saturated heterocycles. The molecule has 3 rings (SSSR count). The van der Waals surface area contributed by atoms with Crippen LogP contribution in [0, 0.1) is 0 Å². The van der Waals surface area contributed by atoms with Crippen LogP contribution in [0.3, 0.4) is 0 Å². The second kappa shape index (κ2) is 5.28. The van der Waals surface area contributed by atoms with Crippen LogP contribution in [0.4, 0.5) is 10.6 Å². The lowest BCUT2D eigenvalue weighted by atomic mass is 10.2. The first kappa shape index (κ1) is 13.2. The van der Waals surface area contributed by atoms with Crippen molar-refractivity contribution in [2.45, 2.75) is 18.9 Å². The van der Waals surface area contributed by atoms with E-state index in [1.165, 1.54) is 4.90 Å². The number of hydrogen-bond acceptors (Lipinski definition) is 4. The SMILES string of the molecule is O=C(O)N1CCC[C@H]1CNc1ccc2ncc(Br)n2n1. The number of likely N-dealkylation sites (tertiary alicyclic amines) is 1. The van der Waals surface area contributed by atoms with Gasteiger partial charge >= 0.3 is 6.09 Å². The van der Waals surface area contributed by atoms with E-state index in [1.54, 1.807) is 10.7 Å². The van der Waals surface area contributed by atoms with Crippen molar-refractivity contribution in [3.8, 4) is 0 Å². The van der Waals surface area contributed by atoms with Gasteiger partial charge in [-0.05, 0) is 40.9 Å². The molecule has 3 heterocycles. The van der Waals surface area contributed by atoms with Gasteiger partial charge in [-0.25, -0.2) is 14.3 Å². The fourth-order valence-corrected chi connectivity index (χ4v) is 2.83. The summed E-state index contributed by atoms with van der Waals surface area (Å²) in [4.78, 5) is 16.7. The van der Waals surface area contributed by atoms with E-state index in [0.717, 1.165) is 23.1 Å². The molecule has 7 nitrogen and oxygen atoms in total. The van der Waals surface area contributed by atoms with Crippen LogP contribution >= 0.6 is 15.9 Å². The summed E-state index contributed by atoms with van der Waals surface area (Å²) in [7, 11) is 0. The van der Waals surface area contributed by atoms with Gasteiger partial charge in [0.05, 0.1) is 12.2 Å². The number of carboxylic acid groups (broad SMARTS) is 1. The molecule has 0 saturated carbocycles. The molecule has 1 aliphatic rings. The number of hydrogen-bond donors (Lipinski definition) is 2. The number of aromatic nitrogens is 3. The number of nitrogens with zero attached hydrogens (tertiary/aromatic N) is 4. The molecule has 0 aliphatic carbocycles. The zero-order valence-electron chi connectivity index (χ0n) is 10.7. The van der Waals surface area contributed by atoms with Crippen LogP contribution in [-0.4, -0.2) is 49.8 Å². The lowest BCUT2D eigenvalue weighted by Gasteiger charge is -2.21. The summed E-state index contributed by atoms with van der Waals surface area (Å²) in [5.74, 6) is 0.702. The van der Waals surface area contributed by atoms with Gasteiger partial charge in [-0.2, -0.15) is 0 Å². The number of carbonyl (C=O) groups is 1. The van der Waals surface area contributed by atoms with E-state index in [4.69, 9.17) is 5.11 Å². The number of halogens is 1. The number of fused-ring (bicyclic) bond motifs is 1. The Hall–Kier alpha value is -1.83. The smallest absolute Gasteiger partial charge is 0.407 e. The standard InChI is InChI=1S/C12H14BrN5O2/c13-9-7-15-11-4-3-10(16-18(9)11)14-6-8-2-1-5-17(8)12(19)20/h3-4,7-8H,1-2,5-6H2,(H,14,16)(H,19,20)/t8-/m0/s1. The molecule has 2 aromatic heterocycles. The minimum atomic E-state index is -0.852. The maximum atomic E-state index is 11.1. The first-order valence-electron chi connectivity index (χ1n) is 6.39. The monoisotopic (exact) mass is 339 g/mol. The van der Waals surface area contributed by atoms with Crippen molar-refractivity contribution in [2.75, 3.05) is 18.4 Å². The van der Waals surface area contributed by atoms with Crippen molar-refractivity contribution >= 4 is 33.5 Å². The molecule has 0 radical (unpaired) electrons. The molecule has 1 atom stereocenters. The molecule has 0 aromatic carbocycles. The van der Waals surface area contributed by atoms with Crippen LogP contribution < -0.4 is 5.32 Å². The highest BCUT2D eigenvalue weighted by Gasteiger charge is 2.28. The Morgan fingerprint density at radius 2 is 2.40 bits per heavy atom. The number of amides is 1. The predicted octanol–water partition coefficient (Wildman–Crippen LogP) is 2.05. The largest absolute Gasteiger partial charge is 0.465 e. The van der Waals surface area contributed by atoms with E-state index in [1.807, 2.05) is 12.1 Å². The molecule has 1 amide bonds. The summed E-state index contributed by atoms with van der Waals surface area (Å²) in [6.07, 6.45) is 2.64. The van der Waals surface area contributed by atoms with Gasteiger partial charge < -0.3 is 15.3 Å². The lowest BCUT2D eigenvalue weighted by Crippen LogP contribution is -2.38. The summed E-state index contributed by atoms with van der Waals surface area (Å²) in [5.41, 5.74) is 0.760. The summed E-state index contributed by atoms with van der Waals surface area (Å²) >= 11 is 3.37. The Morgan fingerprint density at radius 1 is 1.55 bits per heavy atom. The number of anilines is 1. The van der Waals surface area contributed by atoms with Crippen molar-refractivity contribution in [3.63, 3.8) is 0 Å². The van der Waals surface area contributed by atoms with E-state index in [-0.39, 0.29) is 6.04 Å². The van der Waals surface area contributed by atoms with Gasteiger partial charge in [0.1, 0.15) is 10.4 Å². The van der Waals surface area contributed by atoms with Gasteiger partial charge in [-0.1, -0.05) is 0 Å². The first-order valence-corrected chi connectivity index (χ1v) is 7.18. The zero-order valence-corrected chi connectivity index (χ0v) is 12.2. The zero-order chi connectivity index (χ0) is 14.1. The van der Waals surface area contributed by atoms with Crippen molar-refractivity contribution in [1.82, 2.24) is 19.5 Å². The van der Waals surface area contributed by atoms with Crippen molar-refractivity contribution in [1.29, 1.82) is 0 Å². The third-order valence-corrected chi connectivity index (χ3v) is 4.00. The molecule has 20 heavy (non-hydrogen) atoms. The van der Waals surface area contributed by atoms with Crippen LogP contribution in [0.15, 0.2) is 22.9 Å². The van der Waals surface area contributed by atoms with Gasteiger partial charge in [-0.3, -0.25) is 0 Å². The quantitative estimate of drug-likeness (QED) is 0.894. The van der Waals surface area contributed by atoms with Crippen molar-refractivity contribution in [2.24, 2.45) is 0 Å². The Labute approximate surface area is 123 Å². The first-order chi connectivity index (χ1) is 9.65. The van der Waals surface area contributed by atoms with Gasteiger partial charge in [0.25, 0.3) is 0 Å². The molecule has 1 aliphatic heterocycles. The number of imidazole rings is 1. The Bertz CT molecular complexity index is 644. The fraction of sp³-hybridized carbons (Fsp3) is 0.417. The topological polar surface area (TPSA) is 82.8 Å².